The van der Waals surface area contributed by atoms with Gasteiger partial charge in [0.15, 0.2) is 0 Å². The smallest absolute Gasteiger partial charge is 0.306 e. The van der Waals surface area contributed by atoms with Crippen LogP contribution in [0.5, 0.6) is 0 Å². The summed E-state index contributed by atoms with van der Waals surface area (Å²) in [5, 5.41) is 2.98. The lowest BCUT2D eigenvalue weighted by atomic mass is 10.1. The topological polar surface area (TPSA) is 114 Å². The molecule has 0 aliphatic heterocycles. The van der Waals surface area contributed by atoms with Crippen molar-refractivity contribution in [2.24, 2.45) is 0 Å². The van der Waals surface area contributed by atoms with Crippen molar-refractivity contribution in [3.63, 3.8) is 0 Å². The minimum atomic E-state index is -4.73. The first-order chi connectivity index (χ1) is 36.9. The molecule has 0 radical (unpaired) electrons. The van der Waals surface area contributed by atoms with E-state index in [4.69, 9.17) is 13.8 Å². The fourth-order valence-corrected chi connectivity index (χ4v) is 8.67. The zero-order valence-electron chi connectivity index (χ0n) is 49.4. The average molecular weight is 1080 g/mol. The van der Waals surface area contributed by atoms with Crippen molar-refractivity contribution in [1.82, 2.24) is 5.32 Å². The molecule has 0 fully saturated rings. The Balaban J connectivity index is 5.41. The maximum Gasteiger partial charge on any atom is 0.306 e. The highest BCUT2D eigenvalue weighted by Crippen LogP contribution is 2.38. The van der Waals surface area contributed by atoms with Gasteiger partial charge in [0.25, 0.3) is 7.82 Å². The summed E-state index contributed by atoms with van der Waals surface area (Å²) in [6.07, 6.45) is 76.0. The molecule has 0 aromatic carbocycles. The monoisotopic (exact) mass is 1080 g/mol. The van der Waals surface area contributed by atoms with Crippen molar-refractivity contribution in [3.8, 4) is 0 Å². The number of rotatable bonds is 53. The molecule has 0 aromatic heterocycles. The number of hydrogen-bond donors (Lipinski definition) is 1. The largest absolute Gasteiger partial charge is 0.756 e. The number of nitrogens with zero attached hydrogens (tertiary/aromatic N) is 1. The van der Waals surface area contributed by atoms with Gasteiger partial charge in [-0.05, 0) is 115 Å². The number of nitrogens with one attached hydrogen (secondary N) is 1. The summed E-state index contributed by atoms with van der Waals surface area (Å²) in [6, 6.07) is -0.934. The van der Waals surface area contributed by atoms with E-state index < -0.39 is 26.6 Å². The van der Waals surface area contributed by atoms with Crippen LogP contribution in [0.2, 0.25) is 0 Å². The zero-order chi connectivity index (χ0) is 55.7. The summed E-state index contributed by atoms with van der Waals surface area (Å²) >= 11 is 0. The van der Waals surface area contributed by atoms with E-state index in [1.54, 1.807) is 6.08 Å². The van der Waals surface area contributed by atoms with Crippen molar-refractivity contribution in [3.05, 3.63) is 122 Å². The van der Waals surface area contributed by atoms with Crippen LogP contribution in [-0.2, 0) is 27.9 Å². The first-order valence-electron chi connectivity index (χ1n) is 30.3. The summed E-state index contributed by atoms with van der Waals surface area (Å²) in [5.74, 6) is -0.639. The van der Waals surface area contributed by atoms with Crippen LogP contribution in [-0.4, -0.2) is 69.4 Å². The molecule has 0 aliphatic rings. The number of hydrogen-bond acceptors (Lipinski definition) is 7. The van der Waals surface area contributed by atoms with Crippen molar-refractivity contribution in [2.45, 2.75) is 245 Å². The highest BCUT2D eigenvalue weighted by Gasteiger charge is 2.27. The number of quaternary nitrogens is 1. The van der Waals surface area contributed by atoms with E-state index in [0.29, 0.717) is 23.9 Å². The lowest BCUT2D eigenvalue weighted by Gasteiger charge is -2.30. The number of likely N-dealkylation sites (N-methyl/N-ethyl adjacent to an activating group) is 1. The minimum absolute atomic E-state index is 0.0428. The molecule has 3 atom stereocenters. The Morgan fingerprint density at radius 1 is 0.474 bits per heavy atom. The van der Waals surface area contributed by atoms with Gasteiger partial charge < -0.3 is 28.5 Å². The standard InChI is InChI=1S/C66H113N2O7P/c1-7-10-13-16-19-22-25-28-30-32-33-34-35-37-39-41-44-47-50-53-56-59-66(70)75-64(57-54-51-48-45-42-27-24-21-18-15-12-9-3)63(62-74-76(71,72)73-61-60-68(4,5)6)67-65(69)58-55-52-49-46-43-40-38-36-31-29-26-23-20-17-14-11-8-2/h11,14,19-20,22-23,28-31,33-34,37-40,46,49,54,57,63-64H,7-10,12-13,15-18,21,24-27,32,35-36,41-45,47-48,50-53,55-56,58-62H2,1-6H3,(H-,67,69,71,72)/b14-11-,22-19-,23-20-,30-28-,31-29-,34-33-,39-37-,40-38-,49-46-,57-54+. The molecule has 0 rings (SSSR count). The summed E-state index contributed by atoms with van der Waals surface area (Å²) in [7, 11) is 1.12. The predicted molar refractivity (Wildman–Crippen MR) is 325 cm³/mol. The molecule has 76 heavy (non-hydrogen) atoms. The molecule has 0 saturated heterocycles. The fourth-order valence-electron chi connectivity index (χ4n) is 7.95. The molecule has 0 aliphatic carbocycles. The quantitative estimate of drug-likeness (QED) is 0.0212. The van der Waals surface area contributed by atoms with Gasteiger partial charge in [-0.1, -0.05) is 226 Å². The van der Waals surface area contributed by atoms with Crippen molar-refractivity contribution >= 4 is 19.7 Å². The van der Waals surface area contributed by atoms with Gasteiger partial charge in [-0.3, -0.25) is 14.2 Å². The van der Waals surface area contributed by atoms with Crippen LogP contribution in [0.1, 0.15) is 233 Å². The molecule has 9 nitrogen and oxygen atoms in total. The van der Waals surface area contributed by atoms with Crippen molar-refractivity contribution in [2.75, 3.05) is 40.9 Å². The highest BCUT2D eigenvalue weighted by atomic mass is 31.2. The van der Waals surface area contributed by atoms with Crippen molar-refractivity contribution < 1.29 is 37.3 Å². The molecule has 3 unspecified atom stereocenters. The number of allylic oxidation sites excluding steroid dienone is 19. The molecular weight excluding hydrogens is 964 g/mol. The van der Waals surface area contributed by atoms with Crippen LogP contribution in [0.15, 0.2) is 122 Å². The van der Waals surface area contributed by atoms with E-state index in [-0.39, 0.29) is 31.3 Å². The Morgan fingerprint density at radius 2 is 0.855 bits per heavy atom. The third-order valence-corrected chi connectivity index (χ3v) is 13.6. The molecule has 434 valence electrons. The number of esters is 1. The first-order valence-corrected chi connectivity index (χ1v) is 31.8. The number of unbranched alkanes of at least 4 members (excludes halogenated alkanes) is 19. The molecule has 0 spiro atoms. The molecule has 0 heterocycles. The first kappa shape index (κ1) is 72.4. The second kappa shape index (κ2) is 54.8. The van der Waals surface area contributed by atoms with Crippen LogP contribution in [0.4, 0.5) is 0 Å². The van der Waals surface area contributed by atoms with E-state index in [1.807, 2.05) is 27.2 Å². The van der Waals surface area contributed by atoms with Gasteiger partial charge in [0.1, 0.15) is 19.3 Å². The maximum absolute atomic E-state index is 13.5. The minimum Gasteiger partial charge on any atom is -0.756 e. The summed E-state index contributed by atoms with van der Waals surface area (Å²) in [4.78, 5) is 39.9. The Hall–Kier alpha value is -3.59. The second-order valence-corrected chi connectivity index (χ2v) is 22.5. The third kappa shape index (κ3) is 55.2. The predicted octanol–water partition coefficient (Wildman–Crippen LogP) is 18.1. The van der Waals surface area contributed by atoms with Gasteiger partial charge in [0.2, 0.25) is 5.91 Å². The number of carbonyl (C=O) groups excluding carboxylic acids is 2. The van der Waals surface area contributed by atoms with Crippen LogP contribution < -0.4 is 10.2 Å². The molecule has 1 amide bonds. The summed E-state index contributed by atoms with van der Waals surface area (Å²) in [6.45, 7) is 6.62. The lowest BCUT2D eigenvalue weighted by Crippen LogP contribution is -2.47. The van der Waals surface area contributed by atoms with Crippen LogP contribution in [0, 0.1) is 0 Å². The van der Waals surface area contributed by atoms with Crippen LogP contribution >= 0.6 is 7.82 Å². The number of phosphoric acid groups is 1. The van der Waals surface area contributed by atoms with E-state index in [1.165, 1.54) is 77.0 Å². The van der Waals surface area contributed by atoms with E-state index in [0.717, 1.165) is 109 Å². The zero-order valence-corrected chi connectivity index (χ0v) is 50.3. The molecule has 0 bridgehead atoms. The molecular formula is C66H113N2O7P. The van der Waals surface area contributed by atoms with E-state index >= 15 is 0 Å². The fraction of sp³-hybridized carbons (Fsp3) is 0.667. The lowest BCUT2D eigenvalue weighted by molar-refractivity contribution is -0.870. The van der Waals surface area contributed by atoms with E-state index in [2.05, 4.69) is 135 Å². The van der Waals surface area contributed by atoms with Gasteiger partial charge in [0, 0.05) is 12.8 Å². The molecule has 0 saturated carbocycles. The van der Waals surface area contributed by atoms with Gasteiger partial charge in [-0.2, -0.15) is 0 Å². The summed E-state index contributed by atoms with van der Waals surface area (Å²) < 4.78 is 30.2. The van der Waals surface area contributed by atoms with Gasteiger partial charge >= 0.3 is 5.97 Å². The maximum atomic E-state index is 13.5. The van der Waals surface area contributed by atoms with Crippen LogP contribution in [0.3, 0.4) is 0 Å². The van der Waals surface area contributed by atoms with Gasteiger partial charge in [-0.15, -0.1) is 0 Å². The molecule has 1 N–H and O–H groups in total. The molecule has 10 heteroatoms. The Morgan fingerprint density at radius 3 is 1.32 bits per heavy atom. The third-order valence-electron chi connectivity index (χ3n) is 12.6. The number of amides is 1. The van der Waals surface area contributed by atoms with Crippen molar-refractivity contribution in [1.29, 1.82) is 0 Å². The van der Waals surface area contributed by atoms with Gasteiger partial charge in [0.05, 0.1) is 33.8 Å². The Bertz CT molecular complexity index is 1720. The second-order valence-electron chi connectivity index (χ2n) is 21.1. The number of ether oxygens (including phenoxy) is 1. The summed E-state index contributed by atoms with van der Waals surface area (Å²) in [5.41, 5.74) is 0. The van der Waals surface area contributed by atoms with Gasteiger partial charge in [-0.25, -0.2) is 0 Å². The SMILES string of the molecule is CC/C=C\C/C=C\C/C=C\C/C=C\C/C=C\CCCC(=O)NC(COP(=O)([O-])OCC[N+](C)(C)C)C(/C=C/CCCCCCCCCCCC)OC(=O)CCCCCCC/C=C\C/C=C\C/C=C\C/C=C\CCCCC. The Labute approximate surface area is 467 Å². The van der Waals surface area contributed by atoms with E-state index in [9.17, 15) is 19.0 Å². The normalized spacial score (nSPS) is 14.6. The number of carbonyl (C=O) groups is 2. The Kier molecular flexibility index (Phi) is 52.2. The van der Waals surface area contributed by atoms with Crippen LogP contribution in [0.25, 0.3) is 0 Å². The highest BCUT2D eigenvalue weighted by molar-refractivity contribution is 7.45. The average Bonchev–Trinajstić information content (AvgIpc) is 3.38. The number of phosphoric ester groups is 1. The molecule has 0 aromatic rings.